The third kappa shape index (κ3) is 3.01. The average Bonchev–Trinajstić information content (AvgIpc) is 3.04. The summed E-state index contributed by atoms with van der Waals surface area (Å²) in [4.78, 5) is 6.58. The molecule has 2 aromatic heterocycles. The van der Waals surface area contributed by atoms with Crippen LogP contribution in [-0.4, -0.2) is 33.4 Å². The molecule has 5 rings (SSSR count). The molecule has 0 spiro atoms. The third-order valence-electron chi connectivity index (χ3n) is 6.42. The van der Waals surface area contributed by atoms with Crippen LogP contribution in [0.5, 0.6) is 5.75 Å². The minimum Gasteiger partial charge on any atom is -0.507 e. The summed E-state index contributed by atoms with van der Waals surface area (Å²) in [5.74, 6) is 2.88. The van der Waals surface area contributed by atoms with Crippen LogP contribution in [0.4, 0.5) is 5.82 Å². The van der Waals surface area contributed by atoms with Crippen LogP contribution in [0.2, 0.25) is 0 Å². The molecule has 2 saturated carbocycles. The van der Waals surface area contributed by atoms with Crippen molar-refractivity contribution >= 4 is 16.7 Å². The van der Waals surface area contributed by atoms with Crippen LogP contribution in [0, 0.1) is 11.8 Å². The van der Waals surface area contributed by atoms with Crippen molar-refractivity contribution in [1.82, 2.24) is 15.2 Å². The van der Waals surface area contributed by atoms with Crippen molar-refractivity contribution in [3.63, 3.8) is 0 Å². The Morgan fingerprint density at radius 1 is 1.00 bits per heavy atom. The molecule has 5 nitrogen and oxygen atoms in total. The van der Waals surface area contributed by atoms with E-state index in [0.717, 1.165) is 28.6 Å². The van der Waals surface area contributed by atoms with Crippen LogP contribution in [0.3, 0.4) is 0 Å². The van der Waals surface area contributed by atoms with E-state index >= 15 is 0 Å². The minimum absolute atomic E-state index is 0.181. The van der Waals surface area contributed by atoms with E-state index in [1.54, 1.807) is 12.3 Å². The van der Waals surface area contributed by atoms with Crippen LogP contribution in [0.15, 0.2) is 42.6 Å². The Morgan fingerprint density at radius 2 is 1.81 bits per heavy atom. The second kappa shape index (κ2) is 6.48. The highest BCUT2D eigenvalue weighted by atomic mass is 16.3. The van der Waals surface area contributed by atoms with Gasteiger partial charge < -0.3 is 10.0 Å². The molecular formula is C22H24N4O. The zero-order chi connectivity index (χ0) is 18.4. The standard InChI is InChI=1S/C22H24N4O/c1-26(17-10-14-4-5-15(9-14)11-17)22-7-6-19(24-25-22)18-12-16-3-2-8-23-20(16)13-21(18)27/h2-3,6-8,12-15,17,27H,4-5,9-11H2,1H3/t14-,15+,17+. The predicted molar refractivity (Wildman–Crippen MR) is 107 cm³/mol. The van der Waals surface area contributed by atoms with Gasteiger partial charge in [-0.2, -0.15) is 0 Å². The maximum Gasteiger partial charge on any atom is 0.151 e. The number of anilines is 1. The lowest BCUT2D eigenvalue weighted by Gasteiger charge is -2.35. The number of pyridine rings is 1. The first-order valence-corrected chi connectivity index (χ1v) is 9.82. The fraction of sp³-hybridized carbons (Fsp3) is 0.409. The first-order chi connectivity index (χ1) is 13.2. The highest BCUT2D eigenvalue weighted by Crippen LogP contribution is 2.43. The van der Waals surface area contributed by atoms with E-state index in [4.69, 9.17) is 0 Å². The van der Waals surface area contributed by atoms with Crippen LogP contribution < -0.4 is 4.90 Å². The van der Waals surface area contributed by atoms with E-state index in [2.05, 4.69) is 27.1 Å². The Hall–Kier alpha value is -2.69. The van der Waals surface area contributed by atoms with Crippen molar-refractivity contribution in [1.29, 1.82) is 0 Å². The topological polar surface area (TPSA) is 62.1 Å². The summed E-state index contributed by atoms with van der Waals surface area (Å²) in [5, 5.41) is 20.3. The summed E-state index contributed by atoms with van der Waals surface area (Å²) in [7, 11) is 2.14. The van der Waals surface area contributed by atoms with Crippen molar-refractivity contribution in [3.8, 4) is 17.0 Å². The molecule has 138 valence electrons. The molecule has 0 aliphatic heterocycles. The summed E-state index contributed by atoms with van der Waals surface area (Å²) in [6, 6.07) is 12.0. The molecule has 1 aromatic carbocycles. The fourth-order valence-corrected chi connectivity index (χ4v) is 4.95. The molecule has 0 saturated heterocycles. The normalized spacial score (nSPS) is 24.3. The van der Waals surface area contributed by atoms with Crippen molar-refractivity contribution in [2.75, 3.05) is 11.9 Å². The van der Waals surface area contributed by atoms with Gasteiger partial charge in [-0.15, -0.1) is 10.2 Å². The lowest BCUT2D eigenvalue weighted by Crippen LogP contribution is -2.37. The second-order valence-electron chi connectivity index (χ2n) is 8.12. The summed E-state index contributed by atoms with van der Waals surface area (Å²) >= 11 is 0. The Morgan fingerprint density at radius 3 is 2.56 bits per heavy atom. The van der Waals surface area contributed by atoms with Gasteiger partial charge in [-0.3, -0.25) is 4.98 Å². The molecule has 0 amide bonds. The summed E-state index contributed by atoms with van der Waals surface area (Å²) in [6.07, 6.45) is 8.49. The van der Waals surface area contributed by atoms with Crippen molar-refractivity contribution in [2.45, 2.75) is 38.1 Å². The Kier molecular flexibility index (Phi) is 3.96. The monoisotopic (exact) mass is 360 g/mol. The smallest absolute Gasteiger partial charge is 0.151 e. The fourth-order valence-electron chi connectivity index (χ4n) is 4.95. The number of fused-ring (bicyclic) bond motifs is 3. The van der Waals surface area contributed by atoms with Gasteiger partial charge in [0.2, 0.25) is 0 Å². The largest absolute Gasteiger partial charge is 0.507 e. The highest BCUT2D eigenvalue weighted by molar-refractivity contribution is 5.87. The van der Waals surface area contributed by atoms with Gasteiger partial charge in [-0.1, -0.05) is 18.9 Å². The van der Waals surface area contributed by atoms with Gasteiger partial charge in [0.05, 0.1) is 11.2 Å². The number of rotatable bonds is 3. The lowest BCUT2D eigenvalue weighted by atomic mass is 9.85. The summed E-state index contributed by atoms with van der Waals surface area (Å²) in [5.41, 5.74) is 2.14. The molecule has 2 aliphatic carbocycles. The molecule has 2 fully saturated rings. The van der Waals surface area contributed by atoms with E-state index in [1.807, 2.05) is 30.3 Å². The Bertz CT molecular complexity index is 960. The first kappa shape index (κ1) is 16.5. The van der Waals surface area contributed by atoms with E-state index in [9.17, 15) is 5.11 Å². The molecule has 2 bridgehead atoms. The van der Waals surface area contributed by atoms with Crippen LogP contribution in [0.1, 0.15) is 32.1 Å². The zero-order valence-corrected chi connectivity index (χ0v) is 15.5. The molecule has 0 radical (unpaired) electrons. The second-order valence-corrected chi connectivity index (χ2v) is 8.12. The van der Waals surface area contributed by atoms with E-state index in [-0.39, 0.29) is 5.75 Å². The number of phenolic OH excluding ortho intramolecular Hbond substituents is 1. The van der Waals surface area contributed by atoms with Gasteiger partial charge in [0.1, 0.15) is 5.75 Å². The number of aromatic hydroxyl groups is 1. The summed E-state index contributed by atoms with van der Waals surface area (Å²) < 4.78 is 0. The van der Waals surface area contributed by atoms with Crippen LogP contribution in [-0.2, 0) is 0 Å². The summed E-state index contributed by atoms with van der Waals surface area (Å²) in [6.45, 7) is 0. The quantitative estimate of drug-likeness (QED) is 0.749. The number of benzene rings is 1. The van der Waals surface area contributed by atoms with Crippen molar-refractivity contribution in [3.05, 3.63) is 42.6 Å². The molecule has 2 aliphatic rings. The number of phenols is 1. The third-order valence-corrected chi connectivity index (χ3v) is 6.42. The van der Waals surface area contributed by atoms with E-state index in [1.165, 1.54) is 32.1 Å². The highest BCUT2D eigenvalue weighted by Gasteiger charge is 2.36. The van der Waals surface area contributed by atoms with Gasteiger partial charge in [-0.25, -0.2) is 0 Å². The maximum atomic E-state index is 10.4. The SMILES string of the molecule is CN(c1ccc(-c2cc3cccnc3cc2O)nn1)[C@H]1C[C@@H]2CC[C@@H](C2)C1. The van der Waals surface area contributed by atoms with Gasteiger partial charge in [0.15, 0.2) is 5.82 Å². The van der Waals surface area contributed by atoms with Gasteiger partial charge in [0.25, 0.3) is 0 Å². The molecule has 0 unspecified atom stereocenters. The molecule has 3 aromatic rings. The van der Waals surface area contributed by atoms with E-state index in [0.29, 0.717) is 17.3 Å². The maximum absolute atomic E-state index is 10.4. The molecular weight excluding hydrogens is 336 g/mol. The van der Waals surface area contributed by atoms with Crippen LogP contribution >= 0.6 is 0 Å². The minimum atomic E-state index is 0.181. The molecule has 1 N–H and O–H groups in total. The molecule has 2 heterocycles. The van der Waals surface area contributed by atoms with E-state index < -0.39 is 0 Å². The van der Waals surface area contributed by atoms with Crippen molar-refractivity contribution in [2.24, 2.45) is 11.8 Å². The average molecular weight is 360 g/mol. The number of aromatic nitrogens is 3. The number of hydrogen-bond donors (Lipinski definition) is 1. The Balaban J connectivity index is 1.41. The first-order valence-electron chi connectivity index (χ1n) is 9.82. The van der Waals surface area contributed by atoms with Gasteiger partial charge in [0, 0.05) is 36.3 Å². The zero-order valence-electron chi connectivity index (χ0n) is 15.5. The van der Waals surface area contributed by atoms with Crippen molar-refractivity contribution < 1.29 is 5.11 Å². The molecule has 5 heteroatoms. The lowest BCUT2D eigenvalue weighted by molar-refractivity contribution is 0.312. The van der Waals surface area contributed by atoms with Gasteiger partial charge in [-0.05, 0) is 55.4 Å². The predicted octanol–water partition coefficient (Wildman–Crippen LogP) is 4.41. The molecule has 3 atom stereocenters. The molecule has 27 heavy (non-hydrogen) atoms. The Labute approximate surface area is 159 Å². The van der Waals surface area contributed by atoms with Gasteiger partial charge >= 0.3 is 0 Å². The number of nitrogens with zero attached hydrogens (tertiary/aromatic N) is 4. The number of hydrogen-bond acceptors (Lipinski definition) is 5. The van der Waals surface area contributed by atoms with Crippen LogP contribution in [0.25, 0.3) is 22.2 Å².